The Morgan fingerprint density at radius 2 is 1.75 bits per heavy atom. The molecule has 1 aliphatic heterocycles. The van der Waals surface area contributed by atoms with E-state index in [0.29, 0.717) is 36.0 Å². The minimum atomic E-state index is -0.172. The van der Waals surface area contributed by atoms with Crippen LogP contribution in [0.2, 0.25) is 0 Å². The highest BCUT2D eigenvalue weighted by Crippen LogP contribution is 2.32. The second-order valence-electron chi connectivity index (χ2n) is 5.30. The molecule has 0 saturated heterocycles. The van der Waals surface area contributed by atoms with Crippen LogP contribution in [0, 0.1) is 11.3 Å². The van der Waals surface area contributed by atoms with Crippen LogP contribution < -0.4 is 20.1 Å². The van der Waals surface area contributed by atoms with E-state index in [0.717, 1.165) is 12.1 Å². The van der Waals surface area contributed by atoms with Gasteiger partial charge in [-0.25, -0.2) is 0 Å². The third-order valence-electron chi connectivity index (χ3n) is 3.50. The molecule has 0 atom stereocenters. The number of nitrogens with zero attached hydrogens (tertiary/aromatic N) is 1. The number of carbonyl (C=O) groups is 1. The molecule has 1 amide bonds. The van der Waals surface area contributed by atoms with Gasteiger partial charge in [0.05, 0.1) is 31.4 Å². The Morgan fingerprint density at radius 1 is 1.04 bits per heavy atom. The second kappa shape index (κ2) is 7.38. The Bertz CT molecular complexity index is 766. The van der Waals surface area contributed by atoms with Gasteiger partial charge >= 0.3 is 0 Å². The summed E-state index contributed by atoms with van der Waals surface area (Å²) in [6, 6.07) is 14.3. The van der Waals surface area contributed by atoms with Gasteiger partial charge in [0.1, 0.15) is 0 Å². The van der Waals surface area contributed by atoms with E-state index in [-0.39, 0.29) is 12.5 Å². The third kappa shape index (κ3) is 3.96. The number of nitrogens with one attached hydrogen (secondary N) is 2. The van der Waals surface area contributed by atoms with Gasteiger partial charge in [0, 0.05) is 23.9 Å². The molecule has 122 valence electrons. The van der Waals surface area contributed by atoms with Crippen LogP contribution in [0.5, 0.6) is 11.5 Å². The van der Waals surface area contributed by atoms with Gasteiger partial charge in [0.25, 0.3) is 0 Å². The van der Waals surface area contributed by atoms with Crippen LogP contribution in [-0.2, 0) is 4.79 Å². The molecule has 0 radical (unpaired) electrons. The quantitative estimate of drug-likeness (QED) is 0.904. The van der Waals surface area contributed by atoms with Crippen LogP contribution in [0.4, 0.5) is 11.4 Å². The fourth-order valence-electron chi connectivity index (χ4n) is 2.29. The first-order chi connectivity index (χ1) is 11.7. The molecule has 0 spiro atoms. The van der Waals surface area contributed by atoms with Gasteiger partial charge in [0.15, 0.2) is 11.5 Å². The van der Waals surface area contributed by atoms with Crippen LogP contribution in [0.1, 0.15) is 12.0 Å². The molecule has 24 heavy (non-hydrogen) atoms. The summed E-state index contributed by atoms with van der Waals surface area (Å²) in [5.74, 6) is 1.17. The Morgan fingerprint density at radius 3 is 2.50 bits per heavy atom. The van der Waals surface area contributed by atoms with E-state index in [1.807, 2.05) is 0 Å². The molecule has 0 bridgehead atoms. The molecule has 1 heterocycles. The van der Waals surface area contributed by atoms with Gasteiger partial charge in [-0.05, 0) is 36.4 Å². The number of ether oxygens (including phenoxy) is 2. The lowest BCUT2D eigenvalue weighted by molar-refractivity contribution is -0.114. The maximum absolute atomic E-state index is 12.0. The highest BCUT2D eigenvalue weighted by molar-refractivity contribution is 5.94. The Hall–Kier alpha value is -3.20. The molecule has 0 saturated carbocycles. The zero-order valence-corrected chi connectivity index (χ0v) is 13.0. The normalized spacial score (nSPS) is 12.6. The number of amides is 1. The molecule has 6 heteroatoms. The monoisotopic (exact) mass is 323 g/mol. The van der Waals surface area contributed by atoms with Crippen molar-refractivity contribution in [3.05, 3.63) is 48.0 Å². The van der Waals surface area contributed by atoms with Gasteiger partial charge in [-0.2, -0.15) is 5.26 Å². The summed E-state index contributed by atoms with van der Waals surface area (Å²) in [5, 5.41) is 14.6. The zero-order valence-electron chi connectivity index (χ0n) is 13.0. The number of hydrogen-bond acceptors (Lipinski definition) is 5. The number of fused-ring (bicyclic) bond motifs is 1. The van der Waals surface area contributed by atoms with Crippen LogP contribution >= 0.6 is 0 Å². The fourth-order valence-corrected chi connectivity index (χ4v) is 2.29. The molecule has 1 aliphatic rings. The van der Waals surface area contributed by atoms with Crippen molar-refractivity contribution in [1.29, 1.82) is 5.26 Å². The lowest BCUT2D eigenvalue weighted by atomic mass is 10.2. The third-order valence-corrected chi connectivity index (χ3v) is 3.50. The summed E-state index contributed by atoms with van der Waals surface area (Å²) in [4.78, 5) is 12.0. The number of rotatable bonds is 4. The summed E-state index contributed by atoms with van der Waals surface area (Å²) >= 11 is 0. The van der Waals surface area contributed by atoms with Crippen LogP contribution in [-0.4, -0.2) is 25.7 Å². The fraction of sp³-hybridized carbons (Fsp3) is 0.222. The molecule has 0 aliphatic carbocycles. The van der Waals surface area contributed by atoms with E-state index >= 15 is 0 Å². The molecular weight excluding hydrogens is 306 g/mol. The van der Waals surface area contributed by atoms with Crippen molar-refractivity contribution < 1.29 is 14.3 Å². The first kappa shape index (κ1) is 15.7. The average Bonchev–Trinajstić information content (AvgIpc) is 2.85. The molecule has 2 aromatic rings. The predicted molar refractivity (Wildman–Crippen MR) is 90.3 cm³/mol. The smallest absolute Gasteiger partial charge is 0.243 e. The van der Waals surface area contributed by atoms with Crippen molar-refractivity contribution in [2.75, 3.05) is 30.4 Å². The van der Waals surface area contributed by atoms with E-state index in [2.05, 4.69) is 16.7 Å². The van der Waals surface area contributed by atoms with Crippen LogP contribution in [0.15, 0.2) is 42.5 Å². The van der Waals surface area contributed by atoms with Crippen molar-refractivity contribution in [2.45, 2.75) is 6.42 Å². The van der Waals surface area contributed by atoms with Crippen molar-refractivity contribution >= 4 is 17.3 Å². The Kier molecular flexibility index (Phi) is 4.82. The molecular formula is C18H17N3O3. The Labute approximate surface area is 140 Å². The Balaban J connectivity index is 1.56. The topological polar surface area (TPSA) is 83.4 Å². The largest absolute Gasteiger partial charge is 0.490 e. The summed E-state index contributed by atoms with van der Waals surface area (Å²) in [6.07, 6.45) is 0.838. The van der Waals surface area contributed by atoms with Gasteiger partial charge in [0.2, 0.25) is 5.91 Å². The summed E-state index contributed by atoms with van der Waals surface area (Å²) in [5.41, 5.74) is 2.02. The van der Waals surface area contributed by atoms with E-state index in [1.165, 1.54) is 0 Å². The van der Waals surface area contributed by atoms with E-state index < -0.39 is 0 Å². The summed E-state index contributed by atoms with van der Waals surface area (Å²) in [6.45, 7) is 1.36. The number of carbonyl (C=O) groups excluding carboxylic acids is 1. The zero-order chi connectivity index (χ0) is 16.8. The predicted octanol–water partition coefficient (Wildman–Crippen LogP) is 2.77. The molecule has 0 aromatic heterocycles. The molecule has 3 rings (SSSR count). The molecule has 2 N–H and O–H groups in total. The van der Waals surface area contributed by atoms with Crippen molar-refractivity contribution in [3.63, 3.8) is 0 Å². The second-order valence-corrected chi connectivity index (χ2v) is 5.30. The molecule has 6 nitrogen and oxygen atoms in total. The van der Waals surface area contributed by atoms with Gasteiger partial charge in [-0.15, -0.1) is 0 Å². The molecule has 0 unspecified atom stereocenters. The summed E-state index contributed by atoms with van der Waals surface area (Å²) < 4.78 is 11.2. The average molecular weight is 323 g/mol. The first-order valence-electron chi connectivity index (χ1n) is 7.68. The highest BCUT2D eigenvalue weighted by atomic mass is 16.5. The standard InChI is InChI=1S/C18H17N3O3/c19-11-13-2-4-14(5-3-13)20-12-18(22)21-15-6-7-16-17(10-15)24-9-1-8-23-16/h2-7,10,20H,1,8-9,12H2,(H,21,22). The van der Waals surface area contributed by atoms with E-state index in [4.69, 9.17) is 14.7 Å². The van der Waals surface area contributed by atoms with Crippen molar-refractivity contribution in [2.24, 2.45) is 0 Å². The number of hydrogen-bond donors (Lipinski definition) is 2. The molecule has 0 fully saturated rings. The number of benzene rings is 2. The lowest BCUT2D eigenvalue weighted by Crippen LogP contribution is -2.21. The van der Waals surface area contributed by atoms with Crippen molar-refractivity contribution in [3.8, 4) is 17.6 Å². The SMILES string of the molecule is N#Cc1ccc(NCC(=O)Nc2ccc3c(c2)OCCCO3)cc1. The van der Waals surface area contributed by atoms with E-state index in [1.54, 1.807) is 42.5 Å². The first-order valence-corrected chi connectivity index (χ1v) is 7.68. The summed E-state index contributed by atoms with van der Waals surface area (Å²) in [7, 11) is 0. The van der Waals surface area contributed by atoms with Crippen LogP contribution in [0.25, 0.3) is 0 Å². The minimum Gasteiger partial charge on any atom is -0.490 e. The lowest BCUT2D eigenvalue weighted by Gasteiger charge is -2.11. The highest BCUT2D eigenvalue weighted by Gasteiger charge is 2.11. The molecule has 2 aromatic carbocycles. The number of nitriles is 1. The van der Waals surface area contributed by atoms with Crippen molar-refractivity contribution in [1.82, 2.24) is 0 Å². The maximum Gasteiger partial charge on any atom is 0.243 e. The van der Waals surface area contributed by atoms with Gasteiger partial charge in [-0.1, -0.05) is 0 Å². The van der Waals surface area contributed by atoms with Gasteiger partial charge < -0.3 is 20.1 Å². The maximum atomic E-state index is 12.0. The van der Waals surface area contributed by atoms with Crippen LogP contribution in [0.3, 0.4) is 0 Å². The van der Waals surface area contributed by atoms with Gasteiger partial charge in [-0.3, -0.25) is 4.79 Å². The van der Waals surface area contributed by atoms with E-state index in [9.17, 15) is 4.79 Å². The minimum absolute atomic E-state index is 0.125. The number of anilines is 2.